The average Bonchev–Trinajstić information content (AvgIpc) is 2.01. The lowest BCUT2D eigenvalue weighted by Crippen LogP contribution is -2.23. The third-order valence-corrected chi connectivity index (χ3v) is 2.24. The van der Waals surface area contributed by atoms with E-state index in [0.29, 0.717) is 5.76 Å². The smallest absolute Gasteiger partial charge is 0.0952 e. The van der Waals surface area contributed by atoms with Gasteiger partial charge in [-0.25, -0.2) is 0 Å². The van der Waals surface area contributed by atoms with Gasteiger partial charge in [0.15, 0.2) is 0 Å². The molecule has 0 fully saturated rings. The molecule has 0 aromatic carbocycles. The van der Waals surface area contributed by atoms with Crippen LogP contribution in [0.1, 0.15) is 20.8 Å². The molecule has 0 aliphatic rings. The summed E-state index contributed by atoms with van der Waals surface area (Å²) < 4.78 is 4.99. The van der Waals surface area contributed by atoms with Gasteiger partial charge in [-0.2, -0.15) is 5.26 Å². The molecule has 0 radical (unpaired) electrons. The summed E-state index contributed by atoms with van der Waals surface area (Å²) in [5, 5.41) is 8.67. The zero-order valence-corrected chi connectivity index (χ0v) is 7.64. The van der Waals surface area contributed by atoms with Crippen LogP contribution in [-0.2, 0) is 4.74 Å². The number of allylic oxidation sites excluding steroid dienone is 1. The van der Waals surface area contributed by atoms with Gasteiger partial charge in [0, 0.05) is 5.41 Å². The lowest BCUT2D eigenvalue weighted by molar-refractivity contribution is 0.169. The van der Waals surface area contributed by atoms with Gasteiger partial charge >= 0.3 is 0 Å². The summed E-state index contributed by atoms with van der Waals surface area (Å²) in [6.07, 6.45) is 0. The summed E-state index contributed by atoms with van der Waals surface area (Å²) in [6, 6.07) is 2.18. The van der Waals surface area contributed by atoms with Crippen molar-refractivity contribution in [3.05, 3.63) is 12.3 Å². The van der Waals surface area contributed by atoms with Crippen LogP contribution in [0.4, 0.5) is 0 Å². The molecular formula is C9H15NO. The van der Waals surface area contributed by atoms with Crippen molar-refractivity contribution in [3.63, 3.8) is 0 Å². The van der Waals surface area contributed by atoms with Crippen LogP contribution in [-0.4, -0.2) is 7.11 Å². The third kappa shape index (κ3) is 1.98. The Labute approximate surface area is 68.5 Å². The molecule has 0 N–H and O–H groups in total. The van der Waals surface area contributed by atoms with E-state index in [9.17, 15) is 0 Å². The van der Waals surface area contributed by atoms with Gasteiger partial charge in [0.25, 0.3) is 0 Å². The number of nitriles is 1. The molecule has 0 aromatic rings. The third-order valence-electron chi connectivity index (χ3n) is 2.24. The van der Waals surface area contributed by atoms with Crippen LogP contribution in [0.25, 0.3) is 0 Å². The maximum atomic E-state index is 8.67. The van der Waals surface area contributed by atoms with Crippen LogP contribution in [0, 0.1) is 22.7 Å². The van der Waals surface area contributed by atoms with Crippen molar-refractivity contribution >= 4 is 0 Å². The summed E-state index contributed by atoms with van der Waals surface area (Å²) in [7, 11) is 1.58. The summed E-state index contributed by atoms with van der Waals surface area (Å²) >= 11 is 0. The Balaban J connectivity index is 4.47. The first-order valence-electron chi connectivity index (χ1n) is 3.59. The molecule has 11 heavy (non-hydrogen) atoms. The van der Waals surface area contributed by atoms with E-state index in [-0.39, 0.29) is 11.3 Å². The lowest BCUT2D eigenvalue weighted by atomic mass is 9.79. The first-order valence-corrected chi connectivity index (χ1v) is 3.59. The fourth-order valence-corrected chi connectivity index (χ4v) is 0.666. The average molecular weight is 153 g/mol. The predicted molar refractivity (Wildman–Crippen MR) is 44.7 cm³/mol. The maximum Gasteiger partial charge on any atom is 0.0952 e. The zero-order chi connectivity index (χ0) is 9.07. The van der Waals surface area contributed by atoms with E-state index in [1.54, 1.807) is 7.11 Å². The van der Waals surface area contributed by atoms with E-state index in [1.807, 2.05) is 20.8 Å². The molecule has 2 heteroatoms. The second-order valence-corrected chi connectivity index (χ2v) is 3.20. The summed E-state index contributed by atoms with van der Waals surface area (Å²) in [6.45, 7) is 9.51. The SMILES string of the molecule is C=C(OC)C(C)(C)[C@H](C)C#N. The minimum atomic E-state index is -0.260. The van der Waals surface area contributed by atoms with Crippen LogP contribution in [0.2, 0.25) is 0 Å². The number of methoxy groups -OCH3 is 1. The van der Waals surface area contributed by atoms with Crippen molar-refractivity contribution in [2.75, 3.05) is 7.11 Å². The molecular weight excluding hydrogens is 138 g/mol. The van der Waals surface area contributed by atoms with Crippen molar-refractivity contribution in [2.45, 2.75) is 20.8 Å². The van der Waals surface area contributed by atoms with Crippen LogP contribution in [0.15, 0.2) is 12.3 Å². The maximum absolute atomic E-state index is 8.67. The van der Waals surface area contributed by atoms with Gasteiger partial charge in [0.1, 0.15) is 0 Å². The molecule has 0 saturated carbocycles. The molecule has 2 nitrogen and oxygen atoms in total. The van der Waals surface area contributed by atoms with Crippen LogP contribution in [0.5, 0.6) is 0 Å². The van der Waals surface area contributed by atoms with Gasteiger partial charge in [-0.05, 0) is 6.92 Å². The molecule has 0 aliphatic carbocycles. The Kier molecular flexibility index (Phi) is 3.13. The van der Waals surface area contributed by atoms with Gasteiger partial charge < -0.3 is 4.74 Å². The number of nitrogens with zero attached hydrogens (tertiary/aromatic N) is 1. The van der Waals surface area contributed by atoms with Crippen molar-refractivity contribution in [3.8, 4) is 6.07 Å². The van der Waals surface area contributed by atoms with Crippen molar-refractivity contribution in [1.82, 2.24) is 0 Å². The predicted octanol–water partition coefficient (Wildman–Crippen LogP) is 2.33. The Morgan fingerprint density at radius 3 is 2.36 bits per heavy atom. The molecule has 62 valence electrons. The zero-order valence-electron chi connectivity index (χ0n) is 7.64. The Morgan fingerprint density at radius 1 is 1.64 bits per heavy atom. The van der Waals surface area contributed by atoms with E-state index >= 15 is 0 Å². The van der Waals surface area contributed by atoms with Crippen molar-refractivity contribution in [2.24, 2.45) is 11.3 Å². The van der Waals surface area contributed by atoms with Crippen LogP contribution >= 0.6 is 0 Å². The number of rotatable bonds is 3. The highest BCUT2D eigenvalue weighted by molar-refractivity contribution is 5.06. The monoisotopic (exact) mass is 153 g/mol. The van der Waals surface area contributed by atoms with E-state index in [0.717, 1.165) is 0 Å². The lowest BCUT2D eigenvalue weighted by Gasteiger charge is -2.27. The quantitative estimate of drug-likeness (QED) is 0.583. The largest absolute Gasteiger partial charge is 0.501 e. The van der Waals surface area contributed by atoms with Crippen LogP contribution in [0.3, 0.4) is 0 Å². The van der Waals surface area contributed by atoms with Crippen molar-refractivity contribution in [1.29, 1.82) is 5.26 Å². The highest BCUT2D eigenvalue weighted by Crippen LogP contribution is 2.33. The first kappa shape index (κ1) is 10.0. The summed E-state index contributed by atoms with van der Waals surface area (Å²) in [4.78, 5) is 0. The second-order valence-electron chi connectivity index (χ2n) is 3.20. The molecule has 0 spiro atoms. The highest BCUT2D eigenvalue weighted by Gasteiger charge is 2.29. The molecule has 1 atom stereocenters. The standard InChI is InChI=1S/C9H15NO/c1-7(6-10)9(3,4)8(2)11-5/h7H,2H2,1,3-5H3/t7-/m1/s1. The molecule has 0 aliphatic heterocycles. The van der Waals surface area contributed by atoms with Gasteiger partial charge in [-0.15, -0.1) is 0 Å². The van der Waals surface area contributed by atoms with E-state index < -0.39 is 0 Å². The molecule has 0 unspecified atom stereocenters. The fraction of sp³-hybridized carbons (Fsp3) is 0.667. The van der Waals surface area contributed by atoms with E-state index in [1.165, 1.54) is 0 Å². The number of hydrogen-bond acceptors (Lipinski definition) is 2. The summed E-state index contributed by atoms with van der Waals surface area (Å²) in [5.74, 6) is 0.585. The Bertz CT molecular complexity index is 188. The molecule has 0 bridgehead atoms. The molecule has 0 saturated heterocycles. The van der Waals surface area contributed by atoms with Crippen molar-refractivity contribution < 1.29 is 4.74 Å². The minimum absolute atomic E-state index is 0.0741. The van der Waals surface area contributed by atoms with Gasteiger partial charge in [0.05, 0.1) is 24.9 Å². The van der Waals surface area contributed by atoms with E-state index in [4.69, 9.17) is 10.00 Å². The molecule has 0 aromatic heterocycles. The normalized spacial score (nSPS) is 13.4. The van der Waals surface area contributed by atoms with Crippen LogP contribution < -0.4 is 0 Å². The molecule has 0 rings (SSSR count). The van der Waals surface area contributed by atoms with Gasteiger partial charge in [-0.3, -0.25) is 0 Å². The summed E-state index contributed by atoms with van der Waals surface area (Å²) in [5.41, 5.74) is -0.260. The van der Waals surface area contributed by atoms with Gasteiger partial charge in [-0.1, -0.05) is 20.4 Å². The Morgan fingerprint density at radius 2 is 2.09 bits per heavy atom. The minimum Gasteiger partial charge on any atom is -0.501 e. The molecule has 0 heterocycles. The fourth-order valence-electron chi connectivity index (χ4n) is 0.666. The number of hydrogen-bond donors (Lipinski definition) is 0. The van der Waals surface area contributed by atoms with Gasteiger partial charge in [0.2, 0.25) is 0 Å². The van der Waals surface area contributed by atoms with E-state index in [2.05, 4.69) is 12.6 Å². The Hall–Kier alpha value is -0.970. The topological polar surface area (TPSA) is 33.0 Å². The number of ether oxygens (including phenoxy) is 1. The first-order chi connectivity index (χ1) is 4.96. The highest BCUT2D eigenvalue weighted by atomic mass is 16.5. The second kappa shape index (κ2) is 3.43. The molecule has 0 amide bonds.